The van der Waals surface area contributed by atoms with Crippen molar-refractivity contribution in [2.24, 2.45) is 0 Å². The molecule has 0 aromatic heterocycles. The maximum atomic E-state index is 11.4. The van der Waals surface area contributed by atoms with Gasteiger partial charge in [-0.15, -0.1) is 0 Å². The molecule has 2 rings (SSSR count). The molecule has 1 aromatic rings. The zero-order valence-corrected chi connectivity index (χ0v) is 13.2. The molecule has 0 unspecified atom stereocenters. The summed E-state index contributed by atoms with van der Waals surface area (Å²) < 4.78 is 0. The first-order valence-corrected chi connectivity index (χ1v) is 7.25. The number of nitrogens with zero attached hydrogens (tertiary/aromatic N) is 4. The van der Waals surface area contributed by atoms with Crippen LogP contribution >= 0.6 is 0 Å². The molecule has 0 N–H and O–H groups in total. The normalized spacial score (nSPS) is 14.4. The summed E-state index contributed by atoms with van der Waals surface area (Å²) in [6.45, 7) is 0. The second kappa shape index (κ2) is 6.60. The van der Waals surface area contributed by atoms with Gasteiger partial charge in [0.05, 0.1) is 26.9 Å². The van der Waals surface area contributed by atoms with E-state index in [1.54, 1.807) is 19.0 Å². The lowest BCUT2D eigenvalue weighted by molar-refractivity contribution is -0.403. The van der Waals surface area contributed by atoms with Crippen molar-refractivity contribution in [3.63, 3.8) is 0 Å². The van der Waals surface area contributed by atoms with Crippen LogP contribution < -0.4 is 0 Å². The number of hydrogen-bond donors (Lipinski definition) is 0. The van der Waals surface area contributed by atoms with Gasteiger partial charge in [-0.3, -0.25) is 30.3 Å². The first kappa shape index (κ1) is 17.3. The Morgan fingerprint density at radius 3 is 1.79 bits per heavy atom. The number of nitro groups is 3. The molecule has 10 heteroatoms. The van der Waals surface area contributed by atoms with Gasteiger partial charge in [0, 0.05) is 19.8 Å². The zero-order valence-electron chi connectivity index (χ0n) is 13.2. The Balaban J connectivity index is 2.87. The lowest BCUT2D eigenvalue weighted by atomic mass is 9.88. The van der Waals surface area contributed by atoms with Crippen LogP contribution in [-0.2, 0) is 0 Å². The second-order valence-electron chi connectivity index (χ2n) is 5.66. The lowest BCUT2D eigenvalue weighted by Gasteiger charge is -2.26. The summed E-state index contributed by atoms with van der Waals surface area (Å²) in [4.78, 5) is 33.1. The minimum atomic E-state index is -0.869. The maximum Gasteiger partial charge on any atom is 0.290 e. The van der Waals surface area contributed by atoms with Gasteiger partial charge < -0.3 is 4.90 Å². The average molecular weight is 336 g/mol. The molecular formula is C14H16N4O6. The van der Waals surface area contributed by atoms with Crippen LogP contribution in [0.25, 0.3) is 5.57 Å². The average Bonchev–Trinajstić information content (AvgIpc) is 2.53. The van der Waals surface area contributed by atoms with Gasteiger partial charge in [-0.05, 0) is 31.3 Å². The Morgan fingerprint density at radius 1 is 0.875 bits per heavy atom. The van der Waals surface area contributed by atoms with E-state index in [0.29, 0.717) is 18.4 Å². The van der Waals surface area contributed by atoms with E-state index in [4.69, 9.17) is 0 Å². The summed E-state index contributed by atoms with van der Waals surface area (Å²) in [6, 6.07) is 1.58. The SMILES string of the molecule is CN(C)C1=C(c2c([N+](=O)[O-])cc([N+](=O)[O-])cc2[N+](=O)[O-])CCCC1. The van der Waals surface area contributed by atoms with E-state index in [1.807, 2.05) is 0 Å². The van der Waals surface area contributed by atoms with E-state index in [9.17, 15) is 30.3 Å². The summed E-state index contributed by atoms with van der Waals surface area (Å²) in [5.41, 5.74) is -0.709. The van der Waals surface area contributed by atoms with Gasteiger partial charge in [-0.2, -0.15) is 0 Å². The highest BCUT2D eigenvalue weighted by molar-refractivity contribution is 5.83. The summed E-state index contributed by atoms with van der Waals surface area (Å²) in [7, 11) is 3.54. The van der Waals surface area contributed by atoms with E-state index < -0.39 is 31.8 Å². The third-order valence-corrected chi connectivity index (χ3v) is 3.97. The van der Waals surface area contributed by atoms with Crippen LogP contribution in [0.3, 0.4) is 0 Å². The number of rotatable bonds is 5. The standard InChI is InChI=1S/C14H16N4O6/c1-15(2)11-6-4-3-5-10(11)14-12(17(21)22)7-9(16(19)20)8-13(14)18(23)24/h7-8H,3-6H2,1-2H3. The smallest absolute Gasteiger partial charge is 0.290 e. The van der Waals surface area contributed by atoms with E-state index in [1.165, 1.54) is 0 Å². The van der Waals surface area contributed by atoms with Crippen LogP contribution in [0.15, 0.2) is 17.8 Å². The molecule has 10 nitrogen and oxygen atoms in total. The molecule has 1 aliphatic rings. The fourth-order valence-corrected chi connectivity index (χ4v) is 2.95. The minimum Gasteiger partial charge on any atom is -0.381 e. The van der Waals surface area contributed by atoms with Gasteiger partial charge in [-0.25, -0.2) is 0 Å². The molecule has 0 fully saturated rings. The second-order valence-corrected chi connectivity index (χ2v) is 5.66. The van der Waals surface area contributed by atoms with Gasteiger partial charge in [0.15, 0.2) is 0 Å². The van der Waals surface area contributed by atoms with Crippen molar-refractivity contribution in [3.05, 3.63) is 53.7 Å². The van der Waals surface area contributed by atoms with E-state index >= 15 is 0 Å². The van der Waals surface area contributed by atoms with Crippen LogP contribution in [0.4, 0.5) is 17.1 Å². The molecule has 0 radical (unpaired) electrons. The Kier molecular flexibility index (Phi) is 4.77. The molecule has 0 saturated carbocycles. The van der Waals surface area contributed by atoms with Crippen LogP contribution in [0.5, 0.6) is 0 Å². The zero-order chi connectivity index (χ0) is 18.0. The molecule has 0 saturated heterocycles. The highest BCUT2D eigenvalue weighted by Gasteiger charge is 2.34. The molecule has 1 aromatic carbocycles. The first-order chi connectivity index (χ1) is 11.2. The summed E-state index contributed by atoms with van der Waals surface area (Å²) in [6.07, 6.45) is 2.73. The number of allylic oxidation sites excluding steroid dienone is 2. The Bertz CT molecular complexity index is 721. The molecule has 0 aliphatic heterocycles. The maximum absolute atomic E-state index is 11.4. The Morgan fingerprint density at radius 2 is 1.38 bits per heavy atom. The fraction of sp³-hybridized carbons (Fsp3) is 0.429. The highest BCUT2D eigenvalue weighted by atomic mass is 16.6. The summed E-state index contributed by atoms with van der Waals surface area (Å²) >= 11 is 0. The molecule has 0 bridgehead atoms. The van der Waals surface area contributed by atoms with Crippen LogP contribution in [0.2, 0.25) is 0 Å². The van der Waals surface area contributed by atoms with Crippen molar-refractivity contribution in [1.82, 2.24) is 4.90 Å². The molecule has 24 heavy (non-hydrogen) atoms. The number of nitro benzene ring substituents is 3. The monoisotopic (exact) mass is 336 g/mol. The summed E-state index contributed by atoms with van der Waals surface area (Å²) in [5, 5.41) is 33.8. The number of non-ortho nitro benzene ring substituents is 1. The molecule has 1 aliphatic carbocycles. The fourth-order valence-electron chi connectivity index (χ4n) is 2.95. The van der Waals surface area contributed by atoms with Crippen molar-refractivity contribution < 1.29 is 14.8 Å². The third kappa shape index (κ3) is 3.16. The minimum absolute atomic E-state index is 0.126. The van der Waals surface area contributed by atoms with Crippen LogP contribution in [-0.4, -0.2) is 33.8 Å². The van der Waals surface area contributed by atoms with E-state index in [0.717, 1.165) is 30.7 Å². The predicted octanol–water partition coefficient (Wildman–Crippen LogP) is 3.26. The Hall–Kier alpha value is -3.04. The molecule has 128 valence electrons. The lowest BCUT2D eigenvalue weighted by Crippen LogP contribution is -2.17. The van der Waals surface area contributed by atoms with Crippen LogP contribution in [0.1, 0.15) is 31.2 Å². The Labute approximate surface area is 136 Å². The van der Waals surface area contributed by atoms with Gasteiger partial charge in [0.2, 0.25) is 0 Å². The predicted molar refractivity (Wildman–Crippen MR) is 85.5 cm³/mol. The third-order valence-electron chi connectivity index (χ3n) is 3.97. The number of benzene rings is 1. The molecule has 0 amide bonds. The van der Waals surface area contributed by atoms with E-state index in [-0.39, 0.29) is 5.56 Å². The molecular weight excluding hydrogens is 320 g/mol. The van der Waals surface area contributed by atoms with Gasteiger partial charge in [-0.1, -0.05) is 0 Å². The first-order valence-electron chi connectivity index (χ1n) is 7.25. The largest absolute Gasteiger partial charge is 0.381 e. The van der Waals surface area contributed by atoms with Crippen molar-refractivity contribution in [3.8, 4) is 0 Å². The quantitative estimate of drug-likeness (QED) is 0.595. The number of hydrogen-bond acceptors (Lipinski definition) is 7. The summed E-state index contributed by atoms with van der Waals surface area (Å²) in [5.74, 6) is 0. The molecule has 0 heterocycles. The van der Waals surface area contributed by atoms with Crippen molar-refractivity contribution in [1.29, 1.82) is 0 Å². The van der Waals surface area contributed by atoms with Crippen molar-refractivity contribution >= 4 is 22.6 Å². The van der Waals surface area contributed by atoms with Gasteiger partial charge in [0.1, 0.15) is 5.56 Å². The molecule has 0 spiro atoms. The van der Waals surface area contributed by atoms with Crippen molar-refractivity contribution in [2.45, 2.75) is 25.7 Å². The van der Waals surface area contributed by atoms with Crippen LogP contribution in [0, 0.1) is 30.3 Å². The topological polar surface area (TPSA) is 133 Å². The van der Waals surface area contributed by atoms with Gasteiger partial charge in [0.25, 0.3) is 17.1 Å². The highest BCUT2D eigenvalue weighted by Crippen LogP contribution is 2.44. The van der Waals surface area contributed by atoms with Gasteiger partial charge >= 0.3 is 0 Å². The van der Waals surface area contributed by atoms with E-state index in [2.05, 4.69) is 0 Å². The van der Waals surface area contributed by atoms with Crippen molar-refractivity contribution in [2.75, 3.05) is 14.1 Å². The molecule has 0 atom stereocenters.